The molecular formula is C14H33N3O. The summed E-state index contributed by atoms with van der Waals surface area (Å²) in [6.07, 6.45) is 0. The van der Waals surface area contributed by atoms with E-state index in [1.807, 2.05) is 0 Å². The summed E-state index contributed by atoms with van der Waals surface area (Å²) in [6, 6.07) is 0.410. The fourth-order valence-corrected chi connectivity index (χ4v) is 2.31. The highest BCUT2D eigenvalue weighted by Crippen LogP contribution is 2.13. The van der Waals surface area contributed by atoms with Crippen molar-refractivity contribution in [2.75, 3.05) is 54.0 Å². The van der Waals surface area contributed by atoms with E-state index >= 15 is 0 Å². The van der Waals surface area contributed by atoms with Crippen LogP contribution in [-0.4, -0.2) is 69.8 Å². The molecule has 2 unspecified atom stereocenters. The Labute approximate surface area is 113 Å². The molecule has 0 aromatic heterocycles. The maximum atomic E-state index is 5.98. The highest BCUT2D eigenvalue weighted by Gasteiger charge is 2.23. The third-order valence-electron chi connectivity index (χ3n) is 3.23. The number of ether oxygens (including phenoxy) is 1. The van der Waals surface area contributed by atoms with Crippen molar-refractivity contribution in [1.29, 1.82) is 0 Å². The molecule has 4 nitrogen and oxygen atoms in total. The molecule has 0 aromatic carbocycles. The van der Waals surface area contributed by atoms with Gasteiger partial charge in [0.05, 0.1) is 6.61 Å². The quantitative estimate of drug-likeness (QED) is 0.638. The van der Waals surface area contributed by atoms with Gasteiger partial charge in [-0.3, -0.25) is 4.90 Å². The van der Waals surface area contributed by atoms with Gasteiger partial charge in [-0.1, -0.05) is 20.8 Å². The van der Waals surface area contributed by atoms with E-state index in [1.165, 1.54) is 0 Å². The third kappa shape index (κ3) is 7.31. The highest BCUT2D eigenvalue weighted by molar-refractivity contribution is 4.79. The standard InChI is InChI=1S/C14H33N3O/c1-12(2)10-17(8-7-16(4)5)14(9-15)13(3)11-18-6/h12-14H,7-11,15H2,1-6H3. The molecule has 0 spiro atoms. The average Bonchev–Trinajstić information content (AvgIpc) is 2.26. The molecule has 2 N–H and O–H groups in total. The molecule has 0 aliphatic rings. The lowest BCUT2D eigenvalue weighted by Gasteiger charge is -2.36. The van der Waals surface area contributed by atoms with Gasteiger partial charge in [-0.2, -0.15) is 0 Å². The molecule has 0 radical (unpaired) electrons. The van der Waals surface area contributed by atoms with Gasteiger partial charge in [0.2, 0.25) is 0 Å². The van der Waals surface area contributed by atoms with Crippen molar-refractivity contribution in [2.45, 2.75) is 26.8 Å². The Morgan fingerprint density at radius 1 is 1.11 bits per heavy atom. The molecule has 0 rings (SSSR count). The first-order valence-electron chi connectivity index (χ1n) is 7.00. The largest absolute Gasteiger partial charge is 0.384 e. The zero-order chi connectivity index (χ0) is 14.1. The monoisotopic (exact) mass is 259 g/mol. The first-order chi connectivity index (χ1) is 8.42. The predicted octanol–water partition coefficient (Wildman–Crippen LogP) is 1.12. The minimum absolute atomic E-state index is 0.410. The van der Waals surface area contributed by atoms with Crippen molar-refractivity contribution in [3.63, 3.8) is 0 Å². The fraction of sp³-hybridized carbons (Fsp3) is 1.00. The summed E-state index contributed by atoms with van der Waals surface area (Å²) in [4.78, 5) is 4.75. The summed E-state index contributed by atoms with van der Waals surface area (Å²) in [5.74, 6) is 1.14. The average molecular weight is 259 g/mol. The van der Waals surface area contributed by atoms with Gasteiger partial charge in [0, 0.05) is 39.3 Å². The van der Waals surface area contributed by atoms with Gasteiger partial charge in [-0.25, -0.2) is 0 Å². The summed E-state index contributed by atoms with van der Waals surface area (Å²) in [6.45, 7) is 11.5. The Kier molecular flexibility index (Phi) is 9.64. The summed E-state index contributed by atoms with van der Waals surface area (Å²) in [5, 5.41) is 0. The van der Waals surface area contributed by atoms with Gasteiger partial charge >= 0.3 is 0 Å². The molecule has 4 heteroatoms. The normalized spacial score (nSPS) is 15.7. The summed E-state index contributed by atoms with van der Waals surface area (Å²) >= 11 is 0. The van der Waals surface area contributed by atoms with Crippen LogP contribution < -0.4 is 5.73 Å². The maximum Gasteiger partial charge on any atom is 0.0503 e. The molecule has 0 bridgehead atoms. The highest BCUT2D eigenvalue weighted by atomic mass is 16.5. The van der Waals surface area contributed by atoms with E-state index in [9.17, 15) is 0 Å². The van der Waals surface area contributed by atoms with Crippen molar-refractivity contribution < 1.29 is 4.74 Å². The van der Waals surface area contributed by atoms with Crippen molar-refractivity contribution in [1.82, 2.24) is 9.80 Å². The summed E-state index contributed by atoms with van der Waals surface area (Å²) in [5.41, 5.74) is 5.98. The number of likely N-dealkylation sites (N-methyl/N-ethyl adjacent to an activating group) is 1. The third-order valence-corrected chi connectivity index (χ3v) is 3.23. The van der Waals surface area contributed by atoms with Crippen LogP contribution in [0.15, 0.2) is 0 Å². The molecule has 0 saturated heterocycles. The molecular weight excluding hydrogens is 226 g/mol. The first-order valence-corrected chi connectivity index (χ1v) is 7.00. The second kappa shape index (κ2) is 9.73. The van der Waals surface area contributed by atoms with E-state index in [4.69, 9.17) is 10.5 Å². The maximum absolute atomic E-state index is 5.98. The van der Waals surface area contributed by atoms with Gasteiger partial charge in [0.1, 0.15) is 0 Å². The number of rotatable bonds is 10. The number of methoxy groups -OCH3 is 1. The zero-order valence-electron chi connectivity index (χ0n) is 13.1. The zero-order valence-corrected chi connectivity index (χ0v) is 13.1. The van der Waals surface area contributed by atoms with Crippen LogP contribution in [0.5, 0.6) is 0 Å². The van der Waals surface area contributed by atoms with E-state index in [2.05, 4.69) is 44.7 Å². The van der Waals surface area contributed by atoms with Gasteiger partial charge in [-0.05, 0) is 25.9 Å². The molecule has 0 heterocycles. The van der Waals surface area contributed by atoms with Crippen LogP contribution in [-0.2, 0) is 4.74 Å². The molecule has 110 valence electrons. The van der Waals surface area contributed by atoms with E-state index in [1.54, 1.807) is 7.11 Å². The minimum Gasteiger partial charge on any atom is -0.384 e. The number of nitrogens with zero attached hydrogens (tertiary/aromatic N) is 2. The predicted molar refractivity (Wildman–Crippen MR) is 78.8 cm³/mol. The molecule has 0 aliphatic heterocycles. The van der Waals surface area contributed by atoms with E-state index in [-0.39, 0.29) is 0 Å². The van der Waals surface area contributed by atoms with Gasteiger partial charge < -0.3 is 15.4 Å². The second-order valence-electron chi connectivity index (χ2n) is 5.93. The van der Waals surface area contributed by atoms with Crippen LogP contribution in [0, 0.1) is 11.8 Å². The molecule has 0 aromatic rings. The van der Waals surface area contributed by atoms with Crippen molar-refractivity contribution in [2.24, 2.45) is 17.6 Å². The Morgan fingerprint density at radius 3 is 2.11 bits per heavy atom. The summed E-state index contributed by atoms with van der Waals surface area (Å²) in [7, 11) is 5.99. The molecule has 0 fully saturated rings. The molecule has 2 atom stereocenters. The number of hydrogen-bond donors (Lipinski definition) is 1. The topological polar surface area (TPSA) is 41.7 Å². The van der Waals surface area contributed by atoms with E-state index < -0.39 is 0 Å². The summed E-state index contributed by atoms with van der Waals surface area (Å²) < 4.78 is 5.27. The Hall–Kier alpha value is -0.160. The van der Waals surface area contributed by atoms with Crippen LogP contribution >= 0.6 is 0 Å². The first kappa shape index (κ1) is 17.8. The lowest BCUT2D eigenvalue weighted by Crippen LogP contribution is -2.49. The van der Waals surface area contributed by atoms with Gasteiger partial charge in [0.25, 0.3) is 0 Å². The Morgan fingerprint density at radius 2 is 1.72 bits per heavy atom. The van der Waals surface area contributed by atoms with Crippen LogP contribution in [0.2, 0.25) is 0 Å². The van der Waals surface area contributed by atoms with Crippen LogP contribution in [0.25, 0.3) is 0 Å². The van der Waals surface area contributed by atoms with Crippen LogP contribution in [0.1, 0.15) is 20.8 Å². The van der Waals surface area contributed by atoms with Gasteiger partial charge in [0.15, 0.2) is 0 Å². The fourth-order valence-electron chi connectivity index (χ4n) is 2.31. The Balaban J connectivity index is 4.55. The van der Waals surface area contributed by atoms with E-state index in [0.717, 1.165) is 26.2 Å². The number of hydrogen-bond acceptors (Lipinski definition) is 4. The van der Waals surface area contributed by atoms with Gasteiger partial charge in [-0.15, -0.1) is 0 Å². The minimum atomic E-state index is 0.410. The smallest absolute Gasteiger partial charge is 0.0503 e. The lowest BCUT2D eigenvalue weighted by atomic mass is 10.00. The van der Waals surface area contributed by atoms with Crippen LogP contribution in [0.3, 0.4) is 0 Å². The van der Waals surface area contributed by atoms with E-state index in [0.29, 0.717) is 24.4 Å². The molecule has 18 heavy (non-hydrogen) atoms. The van der Waals surface area contributed by atoms with Crippen molar-refractivity contribution in [3.05, 3.63) is 0 Å². The Bertz CT molecular complexity index is 197. The van der Waals surface area contributed by atoms with Crippen molar-refractivity contribution in [3.8, 4) is 0 Å². The molecule has 0 saturated carbocycles. The number of nitrogens with two attached hydrogens (primary N) is 1. The van der Waals surface area contributed by atoms with Crippen LogP contribution in [0.4, 0.5) is 0 Å². The SMILES string of the molecule is COCC(C)C(CN)N(CCN(C)C)CC(C)C. The lowest BCUT2D eigenvalue weighted by molar-refractivity contribution is 0.0740. The molecule has 0 aliphatic carbocycles. The second-order valence-corrected chi connectivity index (χ2v) is 5.93. The van der Waals surface area contributed by atoms with Crippen molar-refractivity contribution >= 4 is 0 Å². The molecule has 0 amide bonds.